The Morgan fingerprint density at radius 1 is 0.379 bits per heavy atom. The van der Waals surface area contributed by atoms with Crippen molar-refractivity contribution in [2.45, 2.75) is 0 Å². The van der Waals surface area contributed by atoms with Crippen LogP contribution in [0.15, 0.2) is 121 Å². The molecular formula is C26H24OP2+2. The molecule has 4 aromatic rings. The molecule has 0 amide bonds. The van der Waals surface area contributed by atoms with E-state index in [0.717, 1.165) is 12.3 Å². The van der Waals surface area contributed by atoms with E-state index in [9.17, 15) is 0 Å². The molecule has 29 heavy (non-hydrogen) atoms. The van der Waals surface area contributed by atoms with Crippen LogP contribution >= 0.6 is 15.0 Å². The molecule has 0 unspecified atom stereocenters. The van der Waals surface area contributed by atoms with E-state index in [-0.39, 0.29) is 0 Å². The molecule has 1 saturated heterocycles. The summed E-state index contributed by atoms with van der Waals surface area (Å²) in [7, 11) is -3.91. The SMILES string of the molecule is c1ccc([P+]2(c3ccccc3)CC[P+](c3ccccc3)(c3ccccc3)O2)cc1. The normalized spacial score (nSPS) is 17.1. The zero-order valence-electron chi connectivity index (χ0n) is 16.3. The summed E-state index contributed by atoms with van der Waals surface area (Å²) in [6, 6.07) is 43.6. The molecule has 1 aliphatic rings. The minimum absolute atomic E-state index is 1.08. The minimum Gasteiger partial charge on any atom is -0.0818 e. The van der Waals surface area contributed by atoms with Gasteiger partial charge in [-0.15, -0.1) is 0 Å². The highest BCUT2D eigenvalue weighted by atomic mass is 31.3. The van der Waals surface area contributed by atoms with Crippen LogP contribution in [0.2, 0.25) is 0 Å². The summed E-state index contributed by atoms with van der Waals surface area (Å²) in [4.78, 5) is 0. The third-order valence-corrected chi connectivity index (χ3v) is 14.5. The number of benzene rings is 4. The summed E-state index contributed by atoms with van der Waals surface area (Å²) in [5.41, 5.74) is 0. The molecule has 1 nitrogen and oxygen atoms in total. The second kappa shape index (κ2) is 7.85. The molecule has 0 radical (unpaired) electrons. The van der Waals surface area contributed by atoms with Crippen LogP contribution in [0.25, 0.3) is 0 Å². The Labute approximate surface area is 174 Å². The fourth-order valence-electron chi connectivity index (χ4n) is 4.28. The smallest absolute Gasteiger partial charge is 0.0818 e. The van der Waals surface area contributed by atoms with Gasteiger partial charge in [-0.05, 0) is 48.5 Å². The Morgan fingerprint density at radius 2 is 0.621 bits per heavy atom. The maximum atomic E-state index is 7.50. The predicted octanol–water partition coefficient (Wildman–Crippen LogP) is 5.18. The van der Waals surface area contributed by atoms with E-state index in [4.69, 9.17) is 4.31 Å². The van der Waals surface area contributed by atoms with E-state index >= 15 is 0 Å². The Hall–Kier alpha value is -2.30. The first-order valence-corrected chi connectivity index (χ1v) is 13.8. The fraction of sp³-hybridized carbons (Fsp3) is 0.0769. The zero-order valence-corrected chi connectivity index (χ0v) is 18.1. The van der Waals surface area contributed by atoms with Gasteiger partial charge in [0.1, 0.15) is 33.5 Å². The predicted molar refractivity (Wildman–Crippen MR) is 129 cm³/mol. The molecule has 0 spiro atoms. The highest BCUT2D eigenvalue weighted by molar-refractivity contribution is 8.00. The molecule has 0 aromatic heterocycles. The van der Waals surface area contributed by atoms with Gasteiger partial charge in [0, 0.05) is 0 Å². The summed E-state index contributed by atoms with van der Waals surface area (Å²) < 4.78 is 7.50. The van der Waals surface area contributed by atoms with Crippen LogP contribution in [-0.2, 0) is 4.31 Å². The lowest BCUT2D eigenvalue weighted by molar-refractivity contribution is 0.699. The van der Waals surface area contributed by atoms with Crippen LogP contribution in [0, 0.1) is 0 Å². The number of hydrogen-bond donors (Lipinski definition) is 0. The van der Waals surface area contributed by atoms with E-state index < -0.39 is 15.0 Å². The molecule has 0 bridgehead atoms. The van der Waals surface area contributed by atoms with Gasteiger partial charge >= 0.3 is 0 Å². The monoisotopic (exact) mass is 414 g/mol. The van der Waals surface area contributed by atoms with Crippen LogP contribution in [0.4, 0.5) is 0 Å². The third kappa shape index (κ3) is 3.24. The van der Waals surface area contributed by atoms with Gasteiger partial charge in [-0.3, -0.25) is 0 Å². The van der Waals surface area contributed by atoms with Gasteiger partial charge < -0.3 is 0 Å². The molecule has 1 aliphatic heterocycles. The number of rotatable bonds is 4. The second-order valence-corrected chi connectivity index (χ2v) is 13.9. The molecule has 1 heterocycles. The summed E-state index contributed by atoms with van der Waals surface area (Å²) >= 11 is 0. The van der Waals surface area contributed by atoms with E-state index in [0.29, 0.717) is 0 Å². The van der Waals surface area contributed by atoms with Crippen LogP contribution in [0.5, 0.6) is 0 Å². The molecular weight excluding hydrogens is 390 g/mol. The molecule has 142 valence electrons. The quantitative estimate of drug-likeness (QED) is 0.418. The van der Waals surface area contributed by atoms with E-state index in [1.165, 1.54) is 21.2 Å². The molecule has 0 aliphatic carbocycles. The molecule has 0 N–H and O–H groups in total. The van der Waals surface area contributed by atoms with Crippen LogP contribution in [0.3, 0.4) is 0 Å². The Balaban J connectivity index is 1.72. The van der Waals surface area contributed by atoms with E-state index in [1.54, 1.807) is 0 Å². The second-order valence-electron chi connectivity index (χ2n) is 7.35. The van der Waals surface area contributed by atoms with Crippen molar-refractivity contribution in [3.8, 4) is 0 Å². The van der Waals surface area contributed by atoms with Gasteiger partial charge in [0.25, 0.3) is 15.0 Å². The van der Waals surface area contributed by atoms with Crippen LogP contribution in [0.1, 0.15) is 0 Å². The van der Waals surface area contributed by atoms with Crippen LogP contribution in [-0.4, -0.2) is 12.3 Å². The molecule has 0 saturated carbocycles. The van der Waals surface area contributed by atoms with Gasteiger partial charge in [0.05, 0.1) is 0 Å². The van der Waals surface area contributed by atoms with Crippen LogP contribution < -0.4 is 21.2 Å². The first kappa shape index (κ1) is 18.7. The fourth-order valence-corrected chi connectivity index (χ4v) is 14.8. The Morgan fingerprint density at radius 3 is 0.862 bits per heavy atom. The average Bonchev–Trinajstić information content (AvgIpc) is 3.25. The van der Waals surface area contributed by atoms with Crippen molar-refractivity contribution >= 4 is 36.2 Å². The number of hydrogen-bond acceptors (Lipinski definition) is 1. The van der Waals surface area contributed by atoms with E-state index in [1.807, 2.05) is 0 Å². The maximum absolute atomic E-state index is 7.50. The first-order chi connectivity index (χ1) is 14.3. The average molecular weight is 414 g/mol. The lowest BCUT2D eigenvalue weighted by Gasteiger charge is -2.22. The van der Waals surface area contributed by atoms with Gasteiger partial charge in [-0.25, -0.2) is 0 Å². The van der Waals surface area contributed by atoms with Crippen molar-refractivity contribution in [3.63, 3.8) is 0 Å². The standard InChI is InChI=1S/C26H24OP2/c1-5-13-23(14-6-1)28(24-15-7-2-8-16-24)21-22-29(27-28,25-17-9-3-10-18-25)26-19-11-4-12-20-26/h1-20H,21-22H2/q+2. The zero-order chi connectivity index (χ0) is 19.6. The largest absolute Gasteiger partial charge is 0.263 e. The highest BCUT2D eigenvalue weighted by Gasteiger charge is 2.67. The summed E-state index contributed by atoms with van der Waals surface area (Å²) in [5.74, 6) is 0. The van der Waals surface area contributed by atoms with Gasteiger partial charge in [0.15, 0.2) is 0 Å². The van der Waals surface area contributed by atoms with E-state index in [2.05, 4.69) is 121 Å². The third-order valence-electron chi connectivity index (χ3n) is 5.70. The van der Waals surface area contributed by atoms with Gasteiger partial charge in [-0.1, -0.05) is 77.1 Å². The van der Waals surface area contributed by atoms with Gasteiger partial charge in [-0.2, -0.15) is 0 Å². The lowest BCUT2D eigenvalue weighted by atomic mass is 10.4. The summed E-state index contributed by atoms with van der Waals surface area (Å²) in [6.07, 6.45) is 2.16. The first-order valence-electron chi connectivity index (χ1n) is 10.0. The van der Waals surface area contributed by atoms with Crippen molar-refractivity contribution in [1.29, 1.82) is 0 Å². The minimum atomic E-state index is -1.95. The van der Waals surface area contributed by atoms with Gasteiger partial charge in [0.2, 0.25) is 0 Å². The maximum Gasteiger partial charge on any atom is 0.263 e. The molecule has 1 fully saturated rings. The molecule has 0 atom stereocenters. The molecule has 5 rings (SSSR count). The van der Waals surface area contributed by atoms with Crippen molar-refractivity contribution in [1.82, 2.24) is 0 Å². The Bertz CT molecular complexity index is 899. The van der Waals surface area contributed by atoms with Crippen molar-refractivity contribution in [3.05, 3.63) is 121 Å². The Kier molecular flexibility index (Phi) is 5.06. The summed E-state index contributed by atoms with van der Waals surface area (Å²) in [5, 5.41) is 5.39. The highest BCUT2D eigenvalue weighted by Crippen LogP contribution is 2.80. The van der Waals surface area contributed by atoms with Crippen molar-refractivity contribution in [2.75, 3.05) is 12.3 Å². The van der Waals surface area contributed by atoms with Crippen molar-refractivity contribution in [2.24, 2.45) is 0 Å². The van der Waals surface area contributed by atoms with Crippen molar-refractivity contribution < 1.29 is 4.31 Å². The summed E-state index contributed by atoms with van der Waals surface area (Å²) in [6.45, 7) is 0. The molecule has 3 heteroatoms. The molecule has 4 aromatic carbocycles. The topological polar surface area (TPSA) is 9.23 Å². The lowest BCUT2D eigenvalue weighted by Crippen LogP contribution is -2.26.